The molecule has 0 spiro atoms. The lowest BCUT2D eigenvalue weighted by molar-refractivity contribution is 0.696. The third kappa shape index (κ3) is 3.99. The minimum Gasteiger partial charge on any atom is -0.352 e. The first-order valence-electron chi connectivity index (χ1n) is 6.44. The van der Waals surface area contributed by atoms with Gasteiger partial charge in [0.2, 0.25) is 0 Å². The van der Waals surface area contributed by atoms with Gasteiger partial charge in [-0.1, -0.05) is 13.0 Å². The number of hydrogen-bond donors (Lipinski definition) is 1. The molecule has 1 N–H and O–H groups in total. The van der Waals surface area contributed by atoms with E-state index in [-0.39, 0.29) is 0 Å². The second-order valence-electron chi connectivity index (χ2n) is 4.34. The molecule has 0 amide bonds. The standard InChI is InChI=1S/C14H19N5/c1-3-15-10-12-7-8-14(18-17-12)19(2)11-13-6-4-5-9-16-13/h4-9,15H,3,10-11H2,1-2H3. The Morgan fingerprint density at radius 3 is 2.63 bits per heavy atom. The zero-order valence-corrected chi connectivity index (χ0v) is 11.4. The van der Waals surface area contributed by atoms with Gasteiger partial charge >= 0.3 is 0 Å². The molecule has 0 unspecified atom stereocenters. The highest BCUT2D eigenvalue weighted by atomic mass is 15.2. The van der Waals surface area contributed by atoms with Crippen molar-refractivity contribution in [3.63, 3.8) is 0 Å². The molecule has 5 heteroatoms. The molecule has 0 bridgehead atoms. The van der Waals surface area contributed by atoms with Crippen LogP contribution >= 0.6 is 0 Å². The molecule has 2 aromatic heterocycles. The highest BCUT2D eigenvalue weighted by Crippen LogP contribution is 2.10. The van der Waals surface area contributed by atoms with Gasteiger partial charge in [0.1, 0.15) is 0 Å². The Bertz CT molecular complexity index is 483. The maximum atomic E-state index is 4.30. The van der Waals surface area contributed by atoms with E-state index in [0.29, 0.717) is 0 Å². The lowest BCUT2D eigenvalue weighted by atomic mass is 10.3. The Morgan fingerprint density at radius 1 is 1.11 bits per heavy atom. The zero-order chi connectivity index (χ0) is 13.5. The van der Waals surface area contributed by atoms with E-state index in [1.165, 1.54) is 0 Å². The molecule has 0 aliphatic heterocycles. The summed E-state index contributed by atoms with van der Waals surface area (Å²) in [6, 6.07) is 9.90. The highest BCUT2D eigenvalue weighted by molar-refractivity contribution is 5.36. The van der Waals surface area contributed by atoms with E-state index in [0.717, 1.165) is 36.8 Å². The van der Waals surface area contributed by atoms with Gasteiger partial charge in [-0.2, -0.15) is 5.10 Å². The molecule has 2 rings (SSSR count). The van der Waals surface area contributed by atoms with Crippen LogP contribution in [0, 0.1) is 0 Å². The third-order valence-corrected chi connectivity index (χ3v) is 2.78. The summed E-state index contributed by atoms with van der Waals surface area (Å²) in [7, 11) is 1.99. The van der Waals surface area contributed by atoms with Gasteiger partial charge in [-0.3, -0.25) is 4.98 Å². The normalized spacial score (nSPS) is 10.4. The summed E-state index contributed by atoms with van der Waals surface area (Å²) >= 11 is 0. The Kier molecular flexibility index (Phi) is 4.80. The fraction of sp³-hybridized carbons (Fsp3) is 0.357. The number of nitrogens with one attached hydrogen (secondary N) is 1. The van der Waals surface area contributed by atoms with Crippen molar-refractivity contribution in [2.24, 2.45) is 0 Å². The molecule has 0 radical (unpaired) electrons. The fourth-order valence-electron chi connectivity index (χ4n) is 1.72. The summed E-state index contributed by atoms with van der Waals surface area (Å²) in [4.78, 5) is 6.34. The second kappa shape index (κ2) is 6.80. The Morgan fingerprint density at radius 2 is 2.00 bits per heavy atom. The van der Waals surface area contributed by atoms with Gasteiger partial charge in [0.05, 0.1) is 17.9 Å². The van der Waals surface area contributed by atoms with Crippen LogP contribution in [0.5, 0.6) is 0 Å². The topological polar surface area (TPSA) is 53.9 Å². The van der Waals surface area contributed by atoms with E-state index < -0.39 is 0 Å². The number of nitrogens with zero attached hydrogens (tertiary/aromatic N) is 4. The first-order chi connectivity index (χ1) is 9.29. The average molecular weight is 257 g/mol. The van der Waals surface area contributed by atoms with Crippen LogP contribution < -0.4 is 10.2 Å². The van der Waals surface area contributed by atoms with E-state index >= 15 is 0 Å². The summed E-state index contributed by atoms with van der Waals surface area (Å²) < 4.78 is 0. The van der Waals surface area contributed by atoms with Crippen molar-refractivity contribution in [3.05, 3.63) is 47.9 Å². The highest BCUT2D eigenvalue weighted by Gasteiger charge is 2.05. The molecule has 0 saturated heterocycles. The van der Waals surface area contributed by atoms with Crippen molar-refractivity contribution in [1.29, 1.82) is 0 Å². The number of hydrogen-bond acceptors (Lipinski definition) is 5. The molecule has 19 heavy (non-hydrogen) atoms. The predicted octanol–water partition coefficient (Wildman–Crippen LogP) is 1.62. The first-order valence-corrected chi connectivity index (χ1v) is 6.44. The zero-order valence-electron chi connectivity index (χ0n) is 11.4. The van der Waals surface area contributed by atoms with Gasteiger partial charge in [0, 0.05) is 19.8 Å². The predicted molar refractivity (Wildman–Crippen MR) is 75.8 cm³/mol. The second-order valence-corrected chi connectivity index (χ2v) is 4.34. The van der Waals surface area contributed by atoms with Crippen molar-refractivity contribution in [2.45, 2.75) is 20.0 Å². The quantitative estimate of drug-likeness (QED) is 0.852. The van der Waals surface area contributed by atoms with E-state index in [2.05, 4.69) is 27.4 Å². The summed E-state index contributed by atoms with van der Waals surface area (Å²) in [6.45, 7) is 4.49. The van der Waals surface area contributed by atoms with E-state index in [1.54, 1.807) is 6.20 Å². The van der Waals surface area contributed by atoms with Crippen molar-refractivity contribution in [3.8, 4) is 0 Å². The minimum atomic E-state index is 0.724. The minimum absolute atomic E-state index is 0.724. The largest absolute Gasteiger partial charge is 0.352 e. The van der Waals surface area contributed by atoms with Crippen LogP contribution in [0.15, 0.2) is 36.5 Å². The lowest BCUT2D eigenvalue weighted by Crippen LogP contribution is -2.19. The van der Waals surface area contributed by atoms with Crippen LogP contribution in [-0.4, -0.2) is 28.8 Å². The monoisotopic (exact) mass is 257 g/mol. The number of rotatable bonds is 6. The van der Waals surface area contributed by atoms with Crippen molar-refractivity contribution in [1.82, 2.24) is 20.5 Å². The van der Waals surface area contributed by atoms with Crippen LogP contribution in [-0.2, 0) is 13.1 Å². The molecule has 0 aliphatic rings. The van der Waals surface area contributed by atoms with Gasteiger partial charge < -0.3 is 10.2 Å². The molecule has 100 valence electrons. The van der Waals surface area contributed by atoms with E-state index in [9.17, 15) is 0 Å². The Labute approximate surface area is 113 Å². The Hall–Kier alpha value is -2.01. The summed E-state index contributed by atoms with van der Waals surface area (Å²) in [5, 5.41) is 11.7. The van der Waals surface area contributed by atoms with E-state index in [1.807, 2.05) is 42.3 Å². The van der Waals surface area contributed by atoms with Crippen LogP contribution in [0.3, 0.4) is 0 Å². The lowest BCUT2D eigenvalue weighted by Gasteiger charge is -2.17. The van der Waals surface area contributed by atoms with Crippen LogP contribution in [0.4, 0.5) is 5.82 Å². The van der Waals surface area contributed by atoms with Gasteiger partial charge in [-0.25, -0.2) is 0 Å². The maximum Gasteiger partial charge on any atom is 0.151 e. The number of anilines is 1. The summed E-state index contributed by atoms with van der Waals surface area (Å²) in [5.41, 5.74) is 1.97. The molecule has 5 nitrogen and oxygen atoms in total. The molecule has 0 aliphatic carbocycles. The van der Waals surface area contributed by atoms with Crippen LogP contribution in [0.1, 0.15) is 18.3 Å². The van der Waals surface area contributed by atoms with Crippen molar-refractivity contribution >= 4 is 5.82 Å². The third-order valence-electron chi connectivity index (χ3n) is 2.78. The smallest absolute Gasteiger partial charge is 0.151 e. The maximum absolute atomic E-state index is 4.30. The molecule has 0 atom stereocenters. The summed E-state index contributed by atoms with van der Waals surface area (Å²) in [6.07, 6.45) is 1.80. The van der Waals surface area contributed by atoms with Crippen LogP contribution in [0.25, 0.3) is 0 Å². The average Bonchev–Trinajstić information content (AvgIpc) is 2.46. The van der Waals surface area contributed by atoms with Crippen molar-refractivity contribution < 1.29 is 0 Å². The molecular formula is C14H19N5. The molecule has 0 aromatic carbocycles. The summed E-state index contributed by atoms with van der Waals surface area (Å²) in [5.74, 6) is 0.853. The molecule has 2 heterocycles. The van der Waals surface area contributed by atoms with Gasteiger partial charge in [-0.05, 0) is 30.8 Å². The molecule has 0 saturated carbocycles. The fourth-order valence-corrected chi connectivity index (χ4v) is 1.72. The van der Waals surface area contributed by atoms with E-state index in [4.69, 9.17) is 0 Å². The van der Waals surface area contributed by atoms with Gasteiger partial charge in [0.25, 0.3) is 0 Å². The van der Waals surface area contributed by atoms with Crippen LogP contribution in [0.2, 0.25) is 0 Å². The number of pyridine rings is 1. The molecule has 0 fully saturated rings. The number of aromatic nitrogens is 3. The van der Waals surface area contributed by atoms with Gasteiger partial charge in [0.15, 0.2) is 5.82 Å². The molecule has 2 aromatic rings. The van der Waals surface area contributed by atoms with Gasteiger partial charge in [-0.15, -0.1) is 5.10 Å². The molecular weight excluding hydrogens is 238 g/mol. The van der Waals surface area contributed by atoms with Crippen molar-refractivity contribution in [2.75, 3.05) is 18.5 Å². The first kappa shape index (κ1) is 13.4. The SMILES string of the molecule is CCNCc1ccc(N(C)Cc2ccccn2)nn1. The Balaban J connectivity index is 1.97.